The maximum absolute atomic E-state index is 12.9. The molecule has 0 aliphatic rings. The Morgan fingerprint density at radius 2 is 1.90 bits per heavy atom. The van der Waals surface area contributed by atoms with Crippen LogP contribution in [-0.2, 0) is 13.2 Å². The minimum absolute atomic E-state index is 0.134. The summed E-state index contributed by atoms with van der Waals surface area (Å²) in [5, 5.41) is 9.51. The van der Waals surface area contributed by atoms with E-state index in [-0.39, 0.29) is 18.3 Å². The molecule has 1 aromatic carbocycles. The third kappa shape index (κ3) is 3.76. The summed E-state index contributed by atoms with van der Waals surface area (Å²) >= 11 is 0. The third-order valence-corrected chi connectivity index (χ3v) is 3.27. The van der Waals surface area contributed by atoms with Crippen molar-refractivity contribution in [2.45, 2.75) is 32.9 Å². The lowest BCUT2D eigenvalue weighted by Gasteiger charge is -2.22. The maximum atomic E-state index is 12.9. The van der Waals surface area contributed by atoms with E-state index in [9.17, 15) is 9.50 Å². The molecule has 0 bridgehead atoms. The zero-order chi connectivity index (χ0) is 15.4. The highest BCUT2D eigenvalue weighted by Crippen LogP contribution is 2.21. The Balaban J connectivity index is 2.22. The predicted molar refractivity (Wildman–Crippen MR) is 80.6 cm³/mol. The maximum Gasteiger partial charge on any atom is 0.131 e. The van der Waals surface area contributed by atoms with Crippen LogP contribution in [0.15, 0.2) is 30.5 Å². The van der Waals surface area contributed by atoms with Gasteiger partial charge >= 0.3 is 0 Å². The van der Waals surface area contributed by atoms with Gasteiger partial charge in [0.25, 0.3) is 0 Å². The standard InChI is InChI=1S/C16H20FN3O/c1-11(2)16-18-8-15(14(10-21)19-16)20(3)9-12-4-6-13(17)7-5-12/h4-8,11,21H,9-10H2,1-3H3. The molecule has 1 aromatic heterocycles. The Morgan fingerprint density at radius 3 is 2.48 bits per heavy atom. The Morgan fingerprint density at radius 1 is 1.24 bits per heavy atom. The summed E-state index contributed by atoms with van der Waals surface area (Å²) in [6.45, 7) is 4.49. The molecule has 4 nitrogen and oxygen atoms in total. The molecular weight excluding hydrogens is 269 g/mol. The summed E-state index contributed by atoms with van der Waals surface area (Å²) in [5.74, 6) is 0.687. The van der Waals surface area contributed by atoms with E-state index in [1.807, 2.05) is 25.8 Å². The second-order valence-electron chi connectivity index (χ2n) is 5.36. The molecule has 0 aliphatic heterocycles. The molecule has 0 unspecified atom stereocenters. The van der Waals surface area contributed by atoms with E-state index in [0.29, 0.717) is 12.2 Å². The smallest absolute Gasteiger partial charge is 0.131 e. The molecule has 0 saturated heterocycles. The Hall–Kier alpha value is -2.01. The van der Waals surface area contributed by atoms with Gasteiger partial charge in [-0.3, -0.25) is 0 Å². The van der Waals surface area contributed by atoms with Gasteiger partial charge in [0.05, 0.1) is 24.2 Å². The fraction of sp³-hybridized carbons (Fsp3) is 0.375. The summed E-state index contributed by atoms with van der Waals surface area (Å²) in [6, 6.07) is 6.37. The molecule has 1 N–H and O–H groups in total. The summed E-state index contributed by atoms with van der Waals surface area (Å²) in [4.78, 5) is 10.7. The van der Waals surface area contributed by atoms with Crippen molar-refractivity contribution >= 4 is 5.69 Å². The molecule has 0 aliphatic carbocycles. The Kier molecular flexibility index (Phi) is 4.85. The first-order valence-corrected chi connectivity index (χ1v) is 6.93. The van der Waals surface area contributed by atoms with Crippen molar-refractivity contribution < 1.29 is 9.50 Å². The summed E-state index contributed by atoms with van der Waals surface area (Å²) in [7, 11) is 1.90. The third-order valence-electron chi connectivity index (χ3n) is 3.27. The van der Waals surface area contributed by atoms with Crippen molar-refractivity contribution in [2.24, 2.45) is 0 Å². The number of aliphatic hydroxyl groups is 1. The topological polar surface area (TPSA) is 49.2 Å². The van der Waals surface area contributed by atoms with E-state index < -0.39 is 0 Å². The Bertz CT molecular complexity index is 599. The fourth-order valence-corrected chi connectivity index (χ4v) is 2.09. The molecule has 2 rings (SSSR count). The second-order valence-corrected chi connectivity index (χ2v) is 5.36. The van der Waals surface area contributed by atoms with E-state index in [1.165, 1.54) is 12.1 Å². The largest absolute Gasteiger partial charge is 0.390 e. The molecular formula is C16H20FN3O. The van der Waals surface area contributed by atoms with Crippen LogP contribution in [0.1, 0.15) is 36.8 Å². The predicted octanol–water partition coefficient (Wildman–Crippen LogP) is 2.87. The van der Waals surface area contributed by atoms with Crippen LogP contribution in [0.25, 0.3) is 0 Å². The molecule has 0 saturated carbocycles. The molecule has 1 heterocycles. The lowest BCUT2D eigenvalue weighted by Crippen LogP contribution is -2.20. The minimum atomic E-state index is -0.248. The zero-order valence-electron chi connectivity index (χ0n) is 12.5. The van der Waals surface area contributed by atoms with E-state index in [0.717, 1.165) is 17.1 Å². The average molecular weight is 289 g/mol. The molecule has 2 aromatic rings. The van der Waals surface area contributed by atoms with Crippen LogP contribution >= 0.6 is 0 Å². The number of anilines is 1. The molecule has 0 fully saturated rings. The van der Waals surface area contributed by atoms with Crippen LogP contribution in [0, 0.1) is 5.82 Å². The average Bonchev–Trinajstić information content (AvgIpc) is 2.48. The van der Waals surface area contributed by atoms with Gasteiger partial charge in [-0.05, 0) is 17.7 Å². The van der Waals surface area contributed by atoms with Gasteiger partial charge in [-0.2, -0.15) is 0 Å². The van der Waals surface area contributed by atoms with Crippen LogP contribution in [0.4, 0.5) is 10.1 Å². The van der Waals surface area contributed by atoms with E-state index in [2.05, 4.69) is 9.97 Å². The number of aromatic nitrogens is 2. The molecule has 5 heteroatoms. The van der Waals surface area contributed by atoms with Gasteiger partial charge < -0.3 is 10.0 Å². The first kappa shape index (κ1) is 15.4. The van der Waals surface area contributed by atoms with Crippen molar-refractivity contribution in [3.05, 3.63) is 53.4 Å². The zero-order valence-corrected chi connectivity index (χ0v) is 12.5. The van der Waals surface area contributed by atoms with Crippen LogP contribution < -0.4 is 4.90 Å². The SMILES string of the molecule is CC(C)c1ncc(N(C)Cc2ccc(F)cc2)c(CO)n1. The van der Waals surface area contributed by atoms with E-state index in [1.54, 1.807) is 18.3 Å². The monoisotopic (exact) mass is 289 g/mol. The van der Waals surface area contributed by atoms with Crippen molar-refractivity contribution in [2.75, 3.05) is 11.9 Å². The normalized spacial score (nSPS) is 11.0. The number of aliphatic hydroxyl groups excluding tert-OH is 1. The number of hydrogen-bond donors (Lipinski definition) is 1. The van der Waals surface area contributed by atoms with Gasteiger partial charge in [-0.15, -0.1) is 0 Å². The highest BCUT2D eigenvalue weighted by atomic mass is 19.1. The van der Waals surface area contributed by atoms with Gasteiger partial charge in [0, 0.05) is 19.5 Å². The highest BCUT2D eigenvalue weighted by molar-refractivity contribution is 5.48. The minimum Gasteiger partial charge on any atom is -0.390 e. The number of halogens is 1. The van der Waals surface area contributed by atoms with Crippen LogP contribution in [0.5, 0.6) is 0 Å². The van der Waals surface area contributed by atoms with Crippen LogP contribution in [0.3, 0.4) is 0 Å². The van der Waals surface area contributed by atoms with Gasteiger partial charge in [-0.1, -0.05) is 26.0 Å². The first-order chi connectivity index (χ1) is 10.0. The molecule has 0 atom stereocenters. The molecule has 0 radical (unpaired) electrons. The highest BCUT2D eigenvalue weighted by Gasteiger charge is 2.12. The lowest BCUT2D eigenvalue weighted by molar-refractivity contribution is 0.276. The van der Waals surface area contributed by atoms with Gasteiger partial charge in [0.15, 0.2) is 0 Å². The van der Waals surface area contributed by atoms with Crippen molar-refractivity contribution in [1.82, 2.24) is 9.97 Å². The molecule has 0 amide bonds. The van der Waals surface area contributed by atoms with Gasteiger partial charge in [0.2, 0.25) is 0 Å². The van der Waals surface area contributed by atoms with E-state index >= 15 is 0 Å². The Labute approximate surface area is 124 Å². The fourth-order valence-electron chi connectivity index (χ4n) is 2.09. The van der Waals surface area contributed by atoms with Crippen molar-refractivity contribution in [1.29, 1.82) is 0 Å². The number of rotatable bonds is 5. The van der Waals surface area contributed by atoms with Crippen LogP contribution in [-0.4, -0.2) is 22.1 Å². The van der Waals surface area contributed by atoms with Crippen molar-refractivity contribution in [3.63, 3.8) is 0 Å². The summed E-state index contributed by atoms with van der Waals surface area (Å²) in [6.07, 6.45) is 1.73. The number of benzene rings is 1. The van der Waals surface area contributed by atoms with Gasteiger partial charge in [0.1, 0.15) is 11.6 Å². The first-order valence-electron chi connectivity index (χ1n) is 6.93. The van der Waals surface area contributed by atoms with Gasteiger partial charge in [-0.25, -0.2) is 14.4 Å². The lowest BCUT2D eigenvalue weighted by atomic mass is 10.2. The second kappa shape index (κ2) is 6.63. The quantitative estimate of drug-likeness (QED) is 0.919. The molecule has 21 heavy (non-hydrogen) atoms. The number of hydrogen-bond acceptors (Lipinski definition) is 4. The summed E-state index contributed by atoms with van der Waals surface area (Å²) < 4.78 is 12.9. The van der Waals surface area contributed by atoms with E-state index in [4.69, 9.17) is 0 Å². The number of nitrogens with zero attached hydrogens (tertiary/aromatic N) is 3. The molecule has 0 spiro atoms. The molecule has 112 valence electrons. The van der Waals surface area contributed by atoms with Crippen LogP contribution in [0.2, 0.25) is 0 Å². The van der Waals surface area contributed by atoms with Crippen molar-refractivity contribution in [3.8, 4) is 0 Å². The summed E-state index contributed by atoms with van der Waals surface area (Å²) in [5.41, 5.74) is 2.38.